The Bertz CT molecular complexity index is 1320. The summed E-state index contributed by atoms with van der Waals surface area (Å²) in [4.78, 5) is 34.4. The molecule has 11 heteroatoms. The normalized spacial score (nSPS) is 15.8. The number of hydrogen-bond acceptors (Lipinski definition) is 8. The Balaban J connectivity index is 1.48. The Morgan fingerprint density at radius 3 is 2.92 bits per heavy atom. The number of benzene rings is 2. The molecule has 4 rings (SSSR count). The van der Waals surface area contributed by atoms with Crippen LogP contribution in [0, 0.1) is 5.82 Å². The first kappa shape index (κ1) is 26.3. The van der Waals surface area contributed by atoms with Crippen molar-refractivity contribution in [2.45, 2.75) is 25.9 Å². The van der Waals surface area contributed by atoms with Gasteiger partial charge >= 0.3 is 5.97 Å². The van der Waals surface area contributed by atoms with Crippen molar-refractivity contribution in [2.24, 2.45) is 0 Å². The Hall–Kier alpha value is -3.76. The summed E-state index contributed by atoms with van der Waals surface area (Å²) in [6, 6.07) is 7.69. The van der Waals surface area contributed by atoms with Crippen molar-refractivity contribution in [3.8, 4) is 5.75 Å². The summed E-state index contributed by atoms with van der Waals surface area (Å²) in [6.45, 7) is 7.57. The van der Waals surface area contributed by atoms with Gasteiger partial charge in [-0.25, -0.2) is 14.4 Å². The van der Waals surface area contributed by atoms with Crippen LogP contribution in [0.15, 0.2) is 49.3 Å². The van der Waals surface area contributed by atoms with Gasteiger partial charge in [0.25, 0.3) is 0 Å². The zero-order valence-corrected chi connectivity index (χ0v) is 21.1. The van der Waals surface area contributed by atoms with E-state index in [2.05, 4.69) is 32.1 Å². The minimum atomic E-state index is -0.524. The number of cyclic esters (lactones) is 1. The number of halogens is 2. The number of aromatic nitrogens is 2. The van der Waals surface area contributed by atoms with Gasteiger partial charge in [-0.3, -0.25) is 14.5 Å². The second kappa shape index (κ2) is 12.0. The predicted octanol–water partition coefficient (Wildman–Crippen LogP) is 4.70. The van der Waals surface area contributed by atoms with Crippen LogP contribution in [0.1, 0.15) is 19.8 Å². The first-order valence-electron chi connectivity index (χ1n) is 11.8. The number of nitrogens with zero attached hydrogens (tertiary/aromatic N) is 3. The second-order valence-corrected chi connectivity index (χ2v) is 9.03. The van der Waals surface area contributed by atoms with E-state index in [-0.39, 0.29) is 17.1 Å². The maximum Gasteiger partial charge on any atom is 0.320 e. The number of nitrogens with one attached hydrogen (secondary N) is 2. The number of morpholine rings is 1. The van der Waals surface area contributed by atoms with E-state index >= 15 is 0 Å². The molecule has 0 aliphatic carbocycles. The molecule has 1 atom stereocenters. The molecule has 0 unspecified atom stereocenters. The van der Waals surface area contributed by atoms with Gasteiger partial charge in [0.05, 0.1) is 29.4 Å². The third-order valence-electron chi connectivity index (χ3n) is 5.69. The minimum Gasteiger partial charge on any atom is -0.491 e. The van der Waals surface area contributed by atoms with Crippen LogP contribution in [-0.4, -0.2) is 59.1 Å². The highest BCUT2D eigenvalue weighted by Gasteiger charge is 2.22. The highest BCUT2D eigenvalue weighted by molar-refractivity contribution is 6.31. The van der Waals surface area contributed by atoms with Crippen LogP contribution in [0.3, 0.4) is 0 Å². The molecule has 3 aromatic rings. The van der Waals surface area contributed by atoms with Crippen molar-refractivity contribution in [2.75, 3.05) is 36.9 Å². The molecule has 1 fully saturated rings. The quantitative estimate of drug-likeness (QED) is 0.222. The molecule has 194 valence electrons. The van der Waals surface area contributed by atoms with E-state index in [1.165, 1.54) is 24.5 Å². The summed E-state index contributed by atoms with van der Waals surface area (Å²) in [6.07, 6.45) is 4.03. The van der Waals surface area contributed by atoms with Gasteiger partial charge in [0.2, 0.25) is 5.91 Å². The van der Waals surface area contributed by atoms with Crippen LogP contribution < -0.4 is 15.4 Å². The van der Waals surface area contributed by atoms with Gasteiger partial charge in [0, 0.05) is 23.7 Å². The zero-order chi connectivity index (χ0) is 26.4. The molecule has 2 aromatic carbocycles. The first-order valence-corrected chi connectivity index (χ1v) is 12.2. The van der Waals surface area contributed by atoms with E-state index in [1.807, 2.05) is 6.92 Å². The van der Waals surface area contributed by atoms with Crippen molar-refractivity contribution in [1.29, 1.82) is 0 Å². The number of amides is 1. The molecule has 1 amide bonds. The Morgan fingerprint density at radius 2 is 2.16 bits per heavy atom. The van der Waals surface area contributed by atoms with E-state index < -0.39 is 11.7 Å². The fourth-order valence-electron chi connectivity index (χ4n) is 3.99. The SMILES string of the molecule is C=CC(=O)Nc1cc2c(Nc3ccc(F)c(Cl)c3)ncnc2cc1OCCCCN1CC(=O)O[C@@H](C)C1. The Labute approximate surface area is 218 Å². The van der Waals surface area contributed by atoms with Crippen molar-refractivity contribution in [1.82, 2.24) is 14.9 Å². The van der Waals surface area contributed by atoms with Crippen molar-refractivity contribution < 1.29 is 23.5 Å². The van der Waals surface area contributed by atoms with Crippen molar-refractivity contribution >= 4 is 51.6 Å². The third kappa shape index (κ3) is 6.93. The number of ether oxygens (including phenoxy) is 2. The molecular formula is C26H27ClFN5O4. The van der Waals surface area contributed by atoms with Gasteiger partial charge in [0.1, 0.15) is 29.8 Å². The summed E-state index contributed by atoms with van der Waals surface area (Å²) in [5.74, 6) is -0.224. The maximum absolute atomic E-state index is 13.6. The lowest BCUT2D eigenvalue weighted by Gasteiger charge is -2.30. The van der Waals surface area contributed by atoms with Crippen LogP contribution in [-0.2, 0) is 14.3 Å². The van der Waals surface area contributed by atoms with Crippen LogP contribution in [0.4, 0.5) is 21.6 Å². The van der Waals surface area contributed by atoms with E-state index in [1.54, 1.807) is 18.2 Å². The summed E-state index contributed by atoms with van der Waals surface area (Å²) in [5, 5.41) is 6.47. The Morgan fingerprint density at radius 1 is 1.32 bits per heavy atom. The molecule has 9 nitrogen and oxygen atoms in total. The number of carbonyl (C=O) groups excluding carboxylic acids is 2. The standard InChI is InChI=1S/C26H27ClFN5O4/c1-3-24(34)32-22-11-18-21(29-15-30-26(18)31-17-6-7-20(28)19(27)10-17)12-23(22)36-9-5-4-8-33-13-16(2)37-25(35)14-33/h3,6-7,10-12,15-16H,1,4-5,8-9,13-14H2,2H3,(H,32,34)(H,29,30,31)/t16-/m0/s1. The molecule has 0 saturated carbocycles. The lowest BCUT2D eigenvalue weighted by Crippen LogP contribution is -2.44. The highest BCUT2D eigenvalue weighted by atomic mass is 35.5. The van der Waals surface area contributed by atoms with E-state index in [0.717, 1.165) is 25.9 Å². The summed E-state index contributed by atoms with van der Waals surface area (Å²) < 4.78 is 24.7. The molecule has 2 N–H and O–H groups in total. The lowest BCUT2D eigenvalue weighted by atomic mass is 10.1. The van der Waals surface area contributed by atoms with Gasteiger partial charge in [-0.05, 0) is 56.7 Å². The molecule has 1 aromatic heterocycles. The lowest BCUT2D eigenvalue weighted by molar-refractivity contribution is -0.157. The highest BCUT2D eigenvalue weighted by Crippen LogP contribution is 2.34. The molecule has 37 heavy (non-hydrogen) atoms. The molecule has 1 aliphatic rings. The number of unbranched alkanes of at least 4 members (excludes halogenated alkanes) is 1. The molecular weight excluding hydrogens is 501 g/mol. The van der Waals surface area contributed by atoms with Gasteiger partial charge in [-0.2, -0.15) is 0 Å². The average molecular weight is 528 g/mol. The van der Waals surface area contributed by atoms with Crippen LogP contribution in [0.2, 0.25) is 5.02 Å². The van der Waals surface area contributed by atoms with Crippen LogP contribution >= 0.6 is 11.6 Å². The molecule has 0 bridgehead atoms. The number of hydrogen-bond donors (Lipinski definition) is 2. The number of fused-ring (bicyclic) bond motifs is 1. The summed E-state index contributed by atoms with van der Waals surface area (Å²) in [7, 11) is 0. The average Bonchev–Trinajstić information content (AvgIpc) is 2.86. The molecule has 1 aliphatic heterocycles. The number of carbonyl (C=O) groups is 2. The fraction of sp³-hybridized carbons (Fsp3) is 0.308. The van der Waals surface area contributed by atoms with Crippen LogP contribution in [0.5, 0.6) is 5.75 Å². The summed E-state index contributed by atoms with van der Waals surface area (Å²) in [5.41, 5.74) is 1.55. The van der Waals surface area contributed by atoms with E-state index in [4.69, 9.17) is 21.1 Å². The summed E-state index contributed by atoms with van der Waals surface area (Å²) >= 11 is 5.90. The van der Waals surface area contributed by atoms with Crippen molar-refractivity contribution in [3.05, 3.63) is 60.2 Å². The topological polar surface area (TPSA) is 106 Å². The molecule has 2 heterocycles. The van der Waals surface area contributed by atoms with E-state index in [0.29, 0.717) is 47.0 Å². The van der Waals surface area contributed by atoms with E-state index in [9.17, 15) is 14.0 Å². The monoisotopic (exact) mass is 527 g/mol. The first-order chi connectivity index (χ1) is 17.8. The largest absolute Gasteiger partial charge is 0.491 e. The molecule has 0 radical (unpaired) electrons. The van der Waals surface area contributed by atoms with Gasteiger partial charge in [0.15, 0.2) is 0 Å². The van der Waals surface area contributed by atoms with Crippen molar-refractivity contribution in [3.63, 3.8) is 0 Å². The van der Waals surface area contributed by atoms with Crippen LogP contribution in [0.25, 0.3) is 10.9 Å². The van der Waals surface area contributed by atoms with Gasteiger partial charge in [-0.1, -0.05) is 18.2 Å². The minimum absolute atomic E-state index is 0.0206. The fourth-order valence-corrected chi connectivity index (χ4v) is 4.18. The molecule has 1 saturated heterocycles. The predicted molar refractivity (Wildman–Crippen MR) is 140 cm³/mol. The third-order valence-corrected chi connectivity index (χ3v) is 5.98. The Kier molecular flexibility index (Phi) is 8.52. The smallest absolute Gasteiger partial charge is 0.320 e. The number of rotatable bonds is 10. The maximum atomic E-state index is 13.6. The van der Waals surface area contributed by atoms with Gasteiger partial charge in [-0.15, -0.1) is 0 Å². The second-order valence-electron chi connectivity index (χ2n) is 8.63. The van der Waals surface area contributed by atoms with Gasteiger partial charge < -0.3 is 20.1 Å². The number of anilines is 3. The molecule has 0 spiro atoms. The zero-order valence-electron chi connectivity index (χ0n) is 20.3. The number of esters is 1.